The molecule has 1 aromatic heterocycles. The van der Waals surface area contributed by atoms with E-state index in [1.807, 2.05) is 25.7 Å². The molecule has 0 aliphatic carbocycles. The van der Waals surface area contributed by atoms with Gasteiger partial charge in [-0.15, -0.1) is 0 Å². The normalized spacial score (nSPS) is 21.9. The molecule has 2 saturated heterocycles. The van der Waals surface area contributed by atoms with Crippen LogP contribution in [0.3, 0.4) is 0 Å². The number of carbonyl (C=O) groups excluding carboxylic acids is 1. The number of likely N-dealkylation sites (tertiary alicyclic amines) is 1. The first-order valence-electron chi connectivity index (χ1n) is 13.3. The summed E-state index contributed by atoms with van der Waals surface area (Å²) in [4.78, 5) is 19.3. The molecule has 1 aromatic carbocycles. The molecule has 2 fully saturated rings. The molecule has 1 atom stereocenters. The Morgan fingerprint density at radius 1 is 1.14 bits per heavy atom. The van der Waals surface area contributed by atoms with Crippen molar-refractivity contribution < 1.29 is 14.3 Å². The lowest BCUT2D eigenvalue weighted by Crippen LogP contribution is -2.63. The van der Waals surface area contributed by atoms with Crippen molar-refractivity contribution in [3.63, 3.8) is 0 Å². The van der Waals surface area contributed by atoms with Crippen molar-refractivity contribution >= 4 is 34.5 Å². The second-order valence-electron chi connectivity index (χ2n) is 11.6. The topological polar surface area (TPSA) is 63.1 Å². The number of ether oxygens (including phenoxy) is 2. The molecular weight excluding hydrogens is 581 g/mol. The summed E-state index contributed by atoms with van der Waals surface area (Å²) in [6.45, 7) is 15.9. The number of carbonyl (C=O) groups is 1. The van der Waals surface area contributed by atoms with Crippen LogP contribution in [0.2, 0.25) is 0 Å². The van der Waals surface area contributed by atoms with E-state index in [1.165, 1.54) is 14.8 Å². The van der Waals surface area contributed by atoms with Crippen LogP contribution in [0.1, 0.15) is 57.8 Å². The average molecular weight is 624 g/mol. The molecule has 0 spiro atoms. The van der Waals surface area contributed by atoms with Crippen molar-refractivity contribution in [2.75, 3.05) is 51.3 Å². The molecule has 1 amide bonds. The lowest BCUT2D eigenvalue weighted by atomic mass is 9.96. The summed E-state index contributed by atoms with van der Waals surface area (Å²) < 4.78 is 14.7. The van der Waals surface area contributed by atoms with Crippen LogP contribution in [-0.2, 0) is 16.0 Å². The molecule has 37 heavy (non-hydrogen) atoms. The van der Waals surface area contributed by atoms with E-state index in [0.717, 1.165) is 44.8 Å². The Balaban J connectivity index is 1.48. The van der Waals surface area contributed by atoms with E-state index in [4.69, 9.17) is 14.6 Å². The van der Waals surface area contributed by atoms with Crippen molar-refractivity contribution in [2.24, 2.45) is 0 Å². The predicted octanol–water partition coefficient (Wildman–Crippen LogP) is 5.10. The quantitative estimate of drug-likeness (QED) is 0.418. The maximum atomic E-state index is 12.5. The van der Waals surface area contributed by atoms with E-state index in [1.54, 1.807) is 7.11 Å². The third kappa shape index (κ3) is 6.60. The summed E-state index contributed by atoms with van der Waals surface area (Å²) in [5.74, 6) is 1.05. The molecule has 0 saturated carbocycles. The van der Waals surface area contributed by atoms with Crippen LogP contribution >= 0.6 is 22.6 Å². The van der Waals surface area contributed by atoms with Gasteiger partial charge in [-0.1, -0.05) is 30.3 Å². The van der Waals surface area contributed by atoms with Crippen LogP contribution in [-0.4, -0.2) is 83.3 Å². The zero-order valence-electron chi connectivity index (χ0n) is 23.2. The summed E-state index contributed by atoms with van der Waals surface area (Å²) in [6, 6.07) is 10.9. The lowest BCUT2D eigenvalue weighted by molar-refractivity contribution is 0.0184. The number of anilines is 1. The van der Waals surface area contributed by atoms with Crippen LogP contribution in [0.15, 0.2) is 30.3 Å². The van der Waals surface area contributed by atoms with E-state index in [9.17, 15) is 4.79 Å². The highest BCUT2D eigenvalue weighted by molar-refractivity contribution is 14.1. The first-order chi connectivity index (χ1) is 17.5. The fourth-order valence-corrected chi connectivity index (χ4v) is 6.21. The number of amides is 1. The summed E-state index contributed by atoms with van der Waals surface area (Å²) in [6.07, 6.45) is 1.52. The Labute approximate surface area is 235 Å². The Morgan fingerprint density at radius 3 is 2.43 bits per heavy atom. The van der Waals surface area contributed by atoms with E-state index in [0.29, 0.717) is 19.7 Å². The third-order valence-corrected chi connectivity index (χ3v) is 8.60. The van der Waals surface area contributed by atoms with Crippen LogP contribution in [0.5, 0.6) is 0 Å². The van der Waals surface area contributed by atoms with Crippen molar-refractivity contribution in [2.45, 2.75) is 71.2 Å². The number of nitrogens with zero attached hydrogens (tertiary/aromatic N) is 5. The molecule has 4 rings (SSSR count). The number of benzene rings is 1. The van der Waals surface area contributed by atoms with Crippen molar-refractivity contribution in [3.8, 4) is 0 Å². The van der Waals surface area contributed by atoms with E-state index >= 15 is 0 Å². The van der Waals surface area contributed by atoms with Crippen LogP contribution in [0, 0.1) is 10.5 Å². The zero-order chi connectivity index (χ0) is 26.8. The minimum absolute atomic E-state index is 0.187. The van der Waals surface area contributed by atoms with Gasteiger partial charge in [-0.3, -0.25) is 9.58 Å². The monoisotopic (exact) mass is 623 g/mol. The first kappa shape index (κ1) is 28.2. The van der Waals surface area contributed by atoms with Crippen molar-refractivity contribution in [1.82, 2.24) is 19.6 Å². The van der Waals surface area contributed by atoms with Gasteiger partial charge in [-0.2, -0.15) is 5.10 Å². The summed E-state index contributed by atoms with van der Waals surface area (Å²) in [5.41, 5.74) is 1.87. The molecule has 0 N–H and O–H groups in total. The van der Waals surface area contributed by atoms with E-state index in [-0.39, 0.29) is 17.7 Å². The Kier molecular flexibility index (Phi) is 8.75. The van der Waals surface area contributed by atoms with Crippen LogP contribution < -0.4 is 4.90 Å². The molecule has 0 radical (unpaired) electrons. The van der Waals surface area contributed by atoms with Gasteiger partial charge in [0.05, 0.1) is 27.5 Å². The van der Waals surface area contributed by atoms with Crippen molar-refractivity contribution in [3.05, 3.63) is 45.2 Å². The van der Waals surface area contributed by atoms with Gasteiger partial charge >= 0.3 is 6.09 Å². The molecule has 3 heterocycles. The molecule has 0 bridgehead atoms. The first-order valence-corrected chi connectivity index (χ1v) is 14.3. The number of halogens is 1. The van der Waals surface area contributed by atoms with E-state index in [2.05, 4.69) is 81.3 Å². The van der Waals surface area contributed by atoms with Gasteiger partial charge in [-0.05, 0) is 75.6 Å². The smallest absolute Gasteiger partial charge is 0.410 e. The predicted molar refractivity (Wildman–Crippen MR) is 155 cm³/mol. The third-order valence-electron chi connectivity index (χ3n) is 7.34. The highest BCUT2D eigenvalue weighted by Gasteiger charge is 2.41. The lowest BCUT2D eigenvalue weighted by Gasteiger charge is -2.49. The largest absolute Gasteiger partial charge is 0.444 e. The molecular formula is C28H42IN5O3. The summed E-state index contributed by atoms with van der Waals surface area (Å²) in [7, 11) is 1.78. The Morgan fingerprint density at radius 2 is 1.81 bits per heavy atom. The fraction of sp³-hybridized carbons (Fsp3) is 0.643. The number of methoxy groups -OCH3 is 1. The van der Waals surface area contributed by atoms with Gasteiger partial charge in [0.25, 0.3) is 0 Å². The minimum atomic E-state index is -0.475. The number of piperidine rings is 1. The standard InChI is InChI=1S/C28H42IN5O3/c1-21-24(29)25(30-34(21)23-12-14-32(15-13-23)26(35)37-27(2,3)4)33-17-16-31(19-28(33,5)20-36-6)18-22-10-8-7-9-11-22/h7-11,23H,12-20H2,1-6H3/t28-/m1/s1. The van der Waals surface area contributed by atoms with Gasteiger partial charge < -0.3 is 19.3 Å². The highest BCUT2D eigenvalue weighted by atomic mass is 127. The SMILES string of the molecule is COC[C@@]1(C)CN(Cc2ccccc2)CCN1c1nn(C2CCN(C(=O)OC(C)(C)C)CC2)c(C)c1I. The Hall–Kier alpha value is -1.85. The number of piperazine rings is 1. The minimum Gasteiger partial charge on any atom is -0.444 e. The second kappa shape index (κ2) is 11.5. The number of aromatic nitrogens is 2. The van der Waals surface area contributed by atoms with Gasteiger partial charge in [-0.25, -0.2) is 4.79 Å². The molecule has 0 unspecified atom stereocenters. The van der Waals surface area contributed by atoms with Gasteiger partial charge in [0.2, 0.25) is 0 Å². The average Bonchev–Trinajstić information content (AvgIpc) is 3.13. The van der Waals surface area contributed by atoms with Crippen molar-refractivity contribution in [1.29, 1.82) is 0 Å². The fourth-order valence-electron chi connectivity index (χ4n) is 5.56. The second-order valence-corrected chi connectivity index (χ2v) is 12.7. The number of rotatable bonds is 6. The molecule has 8 nitrogen and oxygen atoms in total. The van der Waals surface area contributed by atoms with Crippen LogP contribution in [0.25, 0.3) is 0 Å². The maximum absolute atomic E-state index is 12.5. The van der Waals surface area contributed by atoms with Gasteiger partial charge in [0, 0.05) is 46.4 Å². The maximum Gasteiger partial charge on any atom is 0.410 e. The Bertz CT molecular complexity index is 1060. The van der Waals surface area contributed by atoms with Crippen LogP contribution in [0.4, 0.5) is 10.6 Å². The van der Waals surface area contributed by atoms with E-state index < -0.39 is 5.60 Å². The zero-order valence-corrected chi connectivity index (χ0v) is 25.3. The molecule has 2 aliphatic heterocycles. The summed E-state index contributed by atoms with van der Waals surface area (Å²) >= 11 is 2.46. The molecule has 9 heteroatoms. The number of hydrogen-bond donors (Lipinski definition) is 0. The molecule has 2 aromatic rings. The number of hydrogen-bond acceptors (Lipinski definition) is 6. The van der Waals surface area contributed by atoms with Gasteiger partial charge in [0.1, 0.15) is 5.60 Å². The summed E-state index contributed by atoms with van der Waals surface area (Å²) in [5, 5.41) is 5.20. The molecule has 2 aliphatic rings. The molecule has 204 valence electrons. The van der Waals surface area contributed by atoms with Gasteiger partial charge in [0.15, 0.2) is 5.82 Å². The highest BCUT2D eigenvalue weighted by Crippen LogP contribution is 2.36.